The molecule has 23 heavy (non-hydrogen) atoms. The Labute approximate surface area is 133 Å². The van der Waals surface area contributed by atoms with Gasteiger partial charge in [-0.05, 0) is 11.6 Å². The molecule has 0 radical (unpaired) electrons. The highest BCUT2D eigenvalue weighted by Gasteiger charge is 2.21. The van der Waals surface area contributed by atoms with Crippen LogP contribution >= 0.6 is 0 Å². The molecule has 0 fully saturated rings. The maximum absolute atomic E-state index is 11.6. The maximum Gasteiger partial charge on any atom is 0.407 e. The van der Waals surface area contributed by atoms with E-state index in [-0.39, 0.29) is 13.2 Å². The molecule has 2 rings (SSSR count). The number of anilines is 1. The quantitative estimate of drug-likeness (QED) is 0.631. The Hall–Kier alpha value is -2.64. The van der Waals surface area contributed by atoms with Crippen LogP contribution in [0.15, 0.2) is 48.8 Å². The van der Waals surface area contributed by atoms with Crippen molar-refractivity contribution in [2.75, 3.05) is 12.3 Å². The molecule has 1 heterocycles. The number of rotatable bonds is 6. The van der Waals surface area contributed by atoms with Crippen molar-refractivity contribution in [2.24, 2.45) is 0 Å². The zero-order chi connectivity index (χ0) is 16.7. The molecule has 7 heteroatoms. The van der Waals surface area contributed by atoms with Gasteiger partial charge in [-0.1, -0.05) is 30.3 Å². The number of aliphatic hydroxyl groups is 2. The van der Waals surface area contributed by atoms with Gasteiger partial charge in [0, 0.05) is 30.2 Å². The molecule has 2 aromatic rings. The molecule has 2 unspecified atom stereocenters. The number of nitrogens with two attached hydrogens (primary N) is 1. The molecule has 0 aliphatic heterocycles. The minimum atomic E-state index is -1.25. The van der Waals surface area contributed by atoms with Gasteiger partial charge in [0.15, 0.2) is 0 Å². The van der Waals surface area contributed by atoms with Gasteiger partial charge in [-0.2, -0.15) is 0 Å². The van der Waals surface area contributed by atoms with Crippen LogP contribution in [0, 0.1) is 0 Å². The van der Waals surface area contributed by atoms with Crippen molar-refractivity contribution < 1.29 is 19.7 Å². The average Bonchev–Trinajstić information content (AvgIpc) is 2.58. The van der Waals surface area contributed by atoms with Gasteiger partial charge in [0.2, 0.25) is 0 Å². The first-order valence-corrected chi connectivity index (χ1v) is 7.08. The van der Waals surface area contributed by atoms with Crippen LogP contribution in [0.2, 0.25) is 0 Å². The van der Waals surface area contributed by atoms with Crippen LogP contribution in [0.4, 0.5) is 10.5 Å². The first-order valence-electron chi connectivity index (χ1n) is 7.08. The zero-order valence-corrected chi connectivity index (χ0v) is 12.4. The lowest BCUT2D eigenvalue weighted by molar-refractivity contribution is 0.0186. The predicted octanol–water partition coefficient (Wildman–Crippen LogP) is 0.984. The van der Waals surface area contributed by atoms with Gasteiger partial charge in [-0.15, -0.1) is 0 Å². The van der Waals surface area contributed by atoms with E-state index in [0.29, 0.717) is 11.3 Å². The molecule has 0 aliphatic carbocycles. The second-order valence-electron chi connectivity index (χ2n) is 4.96. The summed E-state index contributed by atoms with van der Waals surface area (Å²) in [5.41, 5.74) is 7.18. The van der Waals surface area contributed by atoms with Crippen LogP contribution in [0.25, 0.3) is 0 Å². The van der Waals surface area contributed by atoms with E-state index < -0.39 is 18.3 Å². The number of nitrogen functional groups attached to an aromatic ring is 1. The molecule has 0 bridgehead atoms. The summed E-state index contributed by atoms with van der Waals surface area (Å²) in [5.74, 6) is 0. The maximum atomic E-state index is 11.6. The third kappa shape index (κ3) is 4.94. The molecule has 1 amide bonds. The number of amides is 1. The molecular weight excluding hydrogens is 298 g/mol. The van der Waals surface area contributed by atoms with Gasteiger partial charge in [0.25, 0.3) is 0 Å². The van der Waals surface area contributed by atoms with Crippen LogP contribution < -0.4 is 11.1 Å². The predicted molar refractivity (Wildman–Crippen MR) is 84.2 cm³/mol. The first-order chi connectivity index (χ1) is 11.1. The Morgan fingerprint density at radius 1 is 1.26 bits per heavy atom. The van der Waals surface area contributed by atoms with Crippen molar-refractivity contribution in [3.05, 3.63) is 59.9 Å². The number of nitrogens with zero attached hydrogens (tertiary/aromatic N) is 1. The number of alkyl carbamates (subject to hydrolysis) is 1. The van der Waals surface area contributed by atoms with Crippen LogP contribution in [0.3, 0.4) is 0 Å². The summed E-state index contributed by atoms with van der Waals surface area (Å²) >= 11 is 0. The van der Waals surface area contributed by atoms with Gasteiger partial charge >= 0.3 is 6.09 Å². The van der Waals surface area contributed by atoms with Crippen molar-refractivity contribution in [3.8, 4) is 0 Å². The monoisotopic (exact) mass is 317 g/mol. The van der Waals surface area contributed by atoms with Crippen LogP contribution in [-0.2, 0) is 11.3 Å². The van der Waals surface area contributed by atoms with E-state index in [1.165, 1.54) is 18.5 Å². The lowest BCUT2D eigenvalue weighted by atomic mass is 10.1. The highest BCUT2D eigenvalue weighted by molar-refractivity contribution is 5.67. The fourth-order valence-corrected chi connectivity index (χ4v) is 1.95. The van der Waals surface area contributed by atoms with Crippen LogP contribution in [-0.4, -0.2) is 33.9 Å². The Morgan fingerprint density at radius 3 is 2.70 bits per heavy atom. The van der Waals surface area contributed by atoms with E-state index in [9.17, 15) is 15.0 Å². The first kappa shape index (κ1) is 16.7. The standard InChI is InChI=1S/C16H19N3O4/c17-13-6-7-18-8-12(13)15(21)14(20)9-19-16(22)23-10-11-4-2-1-3-5-11/h1-8,14-15,20-21H,9-10H2,(H2,17,18)(H,19,22). The van der Waals surface area contributed by atoms with E-state index in [0.717, 1.165) is 5.56 Å². The lowest BCUT2D eigenvalue weighted by Crippen LogP contribution is -2.36. The van der Waals surface area contributed by atoms with E-state index in [1.807, 2.05) is 30.3 Å². The zero-order valence-electron chi connectivity index (χ0n) is 12.4. The largest absolute Gasteiger partial charge is 0.445 e. The van der Waals surface area contributed by atoms with Crippen LogP contribution in [0.1, 0.15) is 17.2 Å². The third-order valence-corrected chi connectivity index (χ3v) is 3.24. The number of hydrogen-bond donors (Lipinski definition) is 4. The summed E-state index contributed by atoms with van der Waals surface area (Å²) in [6, 6.07) is 10.7. The minimum absolute atomic E-state index is 0.126. The average molecular weight is 317 g/mol. The number of carbonyl (C=O) groups excluding carboxylic acids is 1. The topological polar surface area (TPSA) is 118 Å². The number of aromatic nitrogens is 1. The molecule has 0 spiro atoms. The Bertz CT molecular complexity index is 636. The number of nitrogens with one attached hydrogen (secondary N) is 1. The number of aliphatic hydroxyl groups excluding tert-OH is 2. The third-order valence-electron chi connectivity index (χ3n) is 3.24. The number of ether oxygens (including phenoxy) is 1. The van der Waals surface area contributed by atoms with E-state index in [2.05, 4.69) is 10.3 Å². The Balaban J connectivity index is 1.78. The molecule has 7 nitrogen and oxygen atoms in total. The highest BCUT2D eigenvalue weighted by atomic mass is 16.5. The molecule has 0 aliphatic rings. The summed E-state index contributed by atoms with van der Waals surface area (Å²) in [7, 11) is 0. The molecular formula is C16H19N3O4. The molecule has 0 saturated carbocycles. The van der Waals surface area contributed by atoms with Crippen LogP contribution in [0.5, 0.6) is 0 Å². The van der Waals surface area contributed by atoms with Crippen molar-refractivity contribution >= 4 is 11.8 Å². The van der Waals surface area contributed by atoms with Crippen molar-refractivity contribution in [2.45, 2.75) is 18.8 Å². The molecule has 1 aromatic carbocycles. The number of pyridine rings is 1. The summed E-state index contributed by atoms with van der Waals surface area (Å²) < 4.78 is 5.01. The van der Waals surface area contributed by atoms with E-state index in [4.69, 9.17) is 10.5 Å². The second-order valence-corrected chi connectivity index (χ2v) is 4.96. The summed E-state index contributed by atoms with van der Waals surface area (Å²) in [6.45, 7) is -0.0516. The van der Waals surface area contributed by atoms with Gasteiger partial charge in [0.05, 0.1) is 0 Å². The van der Waals surface area contributed by atoms with E-state index in [1.54, 1.807) is 0 Å². The number of carbonyl (C=O) groups is 1. The molecule has 2 atom stereocenters. The molecule has 0 saturated heterocycles. The van der Waals surface area contributed by atoms with Gasteiger partial charge in [-0.25, -0.2) is 4.79 Å². The number of benzene rings is 1. The fourth-order valence-electron chi connectivity index (χ4n) is 1.95. The number of hydrogen-bond acceptors (Lipinski definition) is 6. The summed E-state index contributed by atoms with van der Waals surface area (Å²) in [4.78, 5) is 15.4. The Morgan fingerprint density at radius 2 is 2.00 bits per heavy atom. The highest BCUT2D eigenvalue weighted by Crippen LogP contribution is 2.21. The van der Waals surface area contributed by atoms with Gasteiger partial charge in [-0.3, -0.25) is 4.98 Å². The smallest absolute Gasteiger partial charge is 0.407 e. The normalized spacial score (nSPS) is 13.1. The SMILES string of the molecule is Nc1ccncc1C(O)C(O)CNC(=O)OCc1ccccc1. The summed E-state index contributed by atoms with van der Waals surface area (Å²) in [6.07, 6.45) is -0.309. The van der Waals surface area contributed by atoms with Gasteiger partial charge < -0.3 is 26.0 Å². The second kappa shape index (κ2) is 8.11. The molecule has 122 valence electrons. The van der Waals surface area contributed by atoms with Gasteiger partial charge in [0.1, 0.15) is 18.8 Å². The molecule has 1 aromatic heterocycles. The van der Waals surface area contributed by atoms with Crippen molar-refractivity contribution in [3.63, 3.8) is 0 Å². The van der Waals surface area contributed by atoms with E-state index >= 15 is 0 Å². The lowest BCUT2D eigenvalue weighted by Gasteiger charge is -2.19. The minimum Gasteiger partial charge on any atom is -0.445 e. The Kier molecular flexibility index (Phi) is 5.90. The summed E-state index contributed by atoms with van der Waals surface area (Å²) in [5, 5.41) is 22.3. The van der Waals surface area contributed by atoms with Crippen molar-refractivity contribution in [1.82, 2.24) is 10.3 Å². The fraction of sp³-hybridized carbons (Fsp3) is 0.250. The molecule has 5 N–H and O–H groups in total. The van der Waals surface area contributed by atoms with Crippen molar-refractivity contribution in [1.29, 1.82) is 0 Å².